The largest absolute Gasteiger partial charge is 0.481 e. The number of rotatable bonds is 7. The summed E-state index contributed by atoms with van der Waals surface area (Å²) in [7, 11) is 1.40. The van der Waals surface area contributed by atoms with Crippen LogP contribution in [0.2, 0.25) is 0 Å². The maximum atomic E-state index is 12.9. The number of carbonyl (C=O) groups is 1. The molecule has 0 aliphatic carbocycles. The van der Waals surface area contributed by atoms with Crippen molar-refractivity contribution in [3.63, 3.8) is 0 Å². The van der Waals surface area contributed by atoms with Crippen molar-refractivity contribution in [3.8, 4) is 17.6 Å². The van der Waals surface area contributed by atoms with Crippen molar-refractivity contribution in [1.82, 2.24) is 9.13 Å². The maximum Gasteiger partial charge on any atom is 0.331 e. The topological polar surface area (TPSA) is 93.8 Å². The summed E-state index contributed by atoms with van der Waals surface area (Å²) in [5.41, 5.74) is -1.21. The molecular weight excluding hydrogens is 410 g/mol. The summed E-state index contributed by atoms with van der Waals surface area (Å²) in [6, 6.07) is 7.72. The normalized spacial score (nSPS) is 17.6. The van der Waals surface area contributed by atoms with E-state index in [0.29, 0.717) is 30.8 Å². The van der Waals surface area contributed by atoms with Crippen molar-refractivity contribution < 1.29 is 14.6 Å². The number of aliphatic hydroxyl groups is 1. The zero-order valence-electron chi connectivity index (χ0n) is 18.7. The third kappa shape index (κ3) is 5.29. The lowest BCUT2D eigenvalue weighted by Gasteiger charge is -2.18. The molecule has 3 rings (SSSR count). The number of nitrogens with zero attached hydrogens (tertiary/aromatic N) is 3. The minimum Gasteiger partial charge on any atom is -0.481 e. The second kappa shape index (κ2) is 9.88. The van der Waals surface area contributed by atoms with Gasteiger partial charge in [0.1, 0.15) is 24.0 Å². The summed E-state index contributed by atoms with van der Waals surface area (Å²) >= 11 is 0. The molecule has 1 fully saturated rings. The average molecular weight is 440 g/mol. The van der Waals surface area contributed by atoms with E-state index in [4.69, 9.17) is 4.74 Å². The fourth-order valence-electron chi connectivity index (χ4n) is 3.66. The first-order valence-electron chi connectivity index (χ1n) is 10.8. The predicted molar refractivity (Wildman–Crippen MR) is 122 cm³/mol. The van der Waals surface area contributed by atoms with Crippen LogP contribution in [0.3, 0.4) is 0 Å². The standard InChI is InChI=1S/C24H29N3O5/c1-4-5-13-24(2,31)14-6-17-32-19-9-7-18(8-10-19)26-15-11-20(22(26)29)27-16-12-21(28)25(3)23(27)30/h7-10,12,16,20,31H,4-5,11,13,15,17H2,1-3H3. The molecule has 8 nitrogen and oxygen atoms in total. The molecule has 8 heteroatoms. The molecule has 1 N–H and O–H groups in total. The molecule has 2 atom stereocenters. The molecule has 2 heterocycles. The van der Waals surface area contributed by atoms with E-state index in [1.807, 2.05) is 0 Å². The minimum absolute atomic E-state index is 0.155. The number of carbonyl (C=O) groups excluding carboxylic acids is 1. The lowest BCUT2D eigenvalue weighted by atomic mass is 10.0. The molecule has 2 aromatic rings. The van der Waals surface area contributed by atoms with Crippen molar-refractivity contribution in [2.75, 3.05) is 18.1 Å². The smallest absolute Gasteiger partial charge is 0.331 e. The fourth-order valence-corrected chi connectivity index (χ4v) is 3.66. The quantitative estimate of drug-likeness (QED) is 0.665. The number of hydrogen-bond acceptors (Lipinski definition) is 5. The van der Waals surface area contributed by atoms with Gasteiger partial charge in [0, 0.05) is 31.5 Å². The number of ether oxygens (including phenoxy) is 1. The summed E-state index contributed by atoms with van der Waals surface area (Å²) in [4.78, 5) is 38.5. The van der Waals surface area contributed by atoms with Crippen LogP contribution in [0.4, 0.5) is 5.69 Å². The number of hydrogen-bond donors (Lipinski definition) is 1. The van der Waals surface area contributed by atoms with Gasteiger partial charge in [-0.25, -0.2) is 4.79 Å². The second-order valence-corrected chi connectivity index (χ2v) is 8.16. The van der Waals surface area contributed by atoms with Crippen molar-refractivity contribution in [3.05, 3.63) is 57.4 Å². The van der Waals surface area contributed by atoms with E-state index in [-0.39, 0.29) is 12.5 Å². The number of amides is 1. The van der Waals surface area contributed by atoms with Crippen LogP contribution in [0.5, 0.6) is 5.75 Å². The van der Waals surface area contributed by atoms with Gasteiger partial charge < -0.3 is 14.7 Å². The minimum atomic E-state index is -1.01. The Balaban J connectivity index is 1.62. The van der Waals surface area contributed by atoms with E-state index in [1.54, 1.807) is 36.1 Å². The van der Waals surface area contributed by atoms with Crippen molar-refractivity contribution >= 4 is 11.6 Å². The van der Waals surface area contributed by atoms with E-state index in [9.17, 15) is 19.5 Å². The number of aromatic nitrogens is 2. The molecule has 1 amide bonds. The predicted octanol–water partition coefficient (Wildman–Crippen LogP) is 1.85. The van der Waals surface area contributed by atoms with Gasteiger partial charge in [-0.05, 0) is 50.5 Å². The molecule has 0 spiro atoms. The van der Waals surface area contributed by atoms with Gasteiger partial charge in [-0.15, -0.1) is 0 Å². The Kier molecular flexibility index (Phi) is 7.21. The first kappa shape index (κ1) is 23.4. The van der Waals surface area contributed by atoms with Crippen LogP contribution in [-0.4, -0.2) is 38.9 Å². The molecule has 1 aliphatic heterocycles. The first-order chi connectivity index (χ1) is 15.2. The molecule has 32 heavy (non-hydrogen) atoms. The summed E-state index contributed by atoms with van der Waals surface area (Å²) in [5.74, 6) is 6.10. The highest BCUT2D eigenvalue weighted by molar-refractivity contribution is 5.98. The van der Waals surface area contributed by atoms with Gasteiger partial charge in [-0.1, -0.05) is 25.2 Å². The second-order valence-electron chi connectivity index (χ2n) is 8.16. The molecule has 0 saturated carbocycles. The number of benzene rings is 1. The van der Waals surface area contributed by atoms with Crippen molar-refractivity contribution in [1.29, 1.82) is 0 Å². The van der Waals surface area contributed by atoms with Gasteiger partial charge in [0.2, 0.25) is 5.91 Å². The highest BCUT2D eigenvalue weighted by Crippen LogP contribution is 2.28. The van der Waals surface area contributed by atoms with Crippen LogP contribution in [0, 0.1) is 11.8 Å². The highest BCUT2D eigenvalue weighted by atomic mass is 16.5. The zero-order chi connectivity index (χ0) is 23.3. The molecular formula is C24H29N3O5. The van der Waals surface area contributed by atoms with Crippen LogP contribution >= 0.6 is 0 Å². The summed E-state index contributed by atoms with van der Waals surface area (Å²) in [6.45, 7) is 4.39. The Hall–Kier alpha value is -3.31. The monoisotopic (exact) mass is 439 g/mol. The molecule has 1 saturated heterocycles. The lowest BCUT2D eigenvalue weighted by Crippen LogP contribution is -2.40. The Morgan fingerprint density at radius 2 is 1.91 bits per heavy atom. The maximum absolute atomic E-state index is 12.9. The average Bonchev–Trinajstić information content (AvgIpc) is 3.15. The van der Waals surface area contributed by atoms with E-state index in [0.717, 1.165) is 17.4 Å². The number of unbranched alkanes of at least 4 members (excludes halogenated alkanes) is 1. The van der Waals surface area contributed by atoms with Gasteiger partial charge in [0.15, 0.2) is 0 Å². The van der Waals surface area contributed by atoms with Crippen LogP contribution in [-0.2, 0) is 11.8 Å². The molecule has 1 aromatic heterocycles. The lowest BCUT2D eigenvalue weighted by molar-refractivity contribution is -0.119. The van der Waals surface area contributed by atoms with Crippen LogP contribution < -0.4 is 20.9 Å². The SMILES string of the molecule is CCCCC(C)(O)C#CCOc1ccc(N2CCC(n3ccc(=O)n(C)c3=O)C2=O)cc1. The van der Waals surface area contributed by atoms with Crippen molar-refractivity contribution in [2.24, 2.45) is 7.05 Å². The molecule has 1 aliphatic rings. The van der Waals surface area contributed by atoms with E-state index in [1.165, 1.54) is 23.9 Å². The third-order valence-corrected chi connectivity index (χ3v) is 5.56. The van der Waals surface area contributed by atoms with E-state index in [2.05, 4.69) is 18.8 Å². The Labute approximate surface area is 187 Å². The fraction of sp³-hybridized carbons (Fsp3) is 0.458. The Morgan fingerprint density at radius 1 is 1.19 bits per heavy atom. The van der Waals surface area contributed by atoms with E-state index < -0.39 is 22.9 Å². The Bertz CT molecular complexity index is 1140. The van der Waals surface area contributed by atoms with Gasteiger partial charge in [-0.3, -0.25) is 18.7 Å². The molecule has 0 bridgehead atoms. The molecule has 1 aromatic carbocycles. The molecule has 170 valence electrons. The summed E-state index contributed by atoms with van der Waals surface area (Å²) < 4.78 is 7.92. The van der Waals surface area contributed by atoms with Crippen LogP contribution in [0.1, 0.15) is 45.6 Å². The summed E-state index contributed by atoms with van der Waals surface area (Å²) in [6.07, 6.45) is 4.40. The van der Waals surface area contributed by atoms with Gasteiger partial charge in [-0.2, -0.15) is 0 Å². The van der Waals surface area contributed by atoms with Gasteiger partial charge >= 0.3 is 5.69 Å². The molecule has 0 radical (unpaired) electrons. The van der Waals surface area contributed by atoms with Gasteiger partial charge in [0.25, 0.3) is 5.56 Å². The van der Waals surface area contributed by atoms with Crippen molar-refractivity contribution in [2.45, 2.75) is 51.2 Å². The highest BCUT2D eigenvalue weighted by Gasteiger charge is 2.34. The van der Waals surface area contributed by atoms with Gasteiger partial charge in [0.05, 0.1) is 0 Å². The first-order valence-corrected chi connectivity index (χ1v) is 10.8. The molecule has 2 unspecified atom stereocenters. The third-order valence-electron chi connectivity index (χ3n) is 5.56. The Morgan fingerprint density at radius 3 is 2.59 bits per heavy atom. The zero-order valence-corrected chi connectivity index (χ0v) is 18.7. The van der Waals surface area contributed by atoms with Crippen LogP contribution in [0.15, 0.2) is 46.1 Å². The summed E-state index contributed by atoms with van der Waals surface area (Å²) in [5, 5.41) is 10.2. The van der Waals surface area contributed by atoms with Crippen LogP contribution in [0.25, 0.3) is 0 Å². The number of anilines is 1. The van der Waals surface area contributed by atoms with E-state index >= 15 is 0 Å².